The van der Waals surface area contributed by atoms with E-state index in [0.717, 1.165) is 19.3 Å². The highest BCUT2D eigenvalue weighted by Crippen LogP contribution is 2.27. The lowest BCUT2D eigenvalue weighted by atomic mass is 9.98. The van der Waals surface area contributed by atoms with Crippen LogP contribution in [0.5, 0.6) is 0 Å². The standard InChI is InChI=1S/C17H25N3/c1-5-8-17-15(12-20(4)19-17)13-9-7-10-14(11-13)16(6-2)18-3/h7,9-12,16,18H,5-6,8H2,1-4H3. The van der Waals surface area contributed by atoms with Crippen LogP contribution in [0, 0.1) is 0 Å². The zero-order valence-corrected chi connectivity index (χ0v) is 13.0. The fourth-order valence-corrected chi connectivity index (χ4v) is 2.73. The van der Waals surface area contributed by atoms with Crippen molar-refractivity contribution in [2.75, 3.05) is 7.05 Å². The lowest BCUT2D eigenvalue weighted by Gasteiger charge is -2.15. The number of benzene rings is 1. The first kappa shape index (κ1) is 14.8. The van der Waals surface area contributed by atoms with Crippen LogP contribution in [0.15, 0.2) is 30.5 Å². The van der Waals surface area contributed by atoms with Gasteiger partial charge in [-0.1, -0.05) is 38.5 Å². The predicted molar refractivity (Wildman–Crippen MR) is 84.7 cm³/mol. The molecule has 0 aliphatic carbocycles. The largest absolute Gasteiger partial charge is 0.313 e. The number of hydrogen-bond acceptors (Lipinski definition) is 2. The van der Waals surface area contributed by atoms with Crippen LogP contribution in [0.25, 0.3) is 11.1 Å². The summed E-state index contributed by atoms with van der Waals surface area (Å²) in [5.41, 5.74) is 5.08. The molecule has 1 aromatic heterocycles. The summed E-state index contributed by atoms with van der Waals surface area (Å²) in [6.07, 6.45) is 5.38. The molecule has 20 heavy (non-hydrogen) atoms. The van der Waals surface area contributed by atoms with Crippen LogP contribution in [-0.2, 0) is 13.5 Å². The number of rotatable bonds is 6. The highest BCUT2D eigenvalue weighted by molar-refractivity contribution is 5.66. The SMILES string of the molecule is CCCc1nn(C)cc1-c1cccc(C(CC)NC)c1. The molecule has 2 aromatic rings. The van der Waals surface area contributed by atoms with Crippen molar-refractivity contribution in [1.29, 1.82) is 0 Å². The van der Waals surface area contributed by atoms with Crippen LogP contribution < -0.4 is 5.32 Å². The van der Waals surface area contributed by atoms with Gasteiger partial charge in [-0.25, -0.2) is 0 Å². The van der Waals surface area contributed by atoms with Crippen molar-refractivity contribution in [2.24, 2.45) is 7.05 Å². The van der Waals surface area contributed by atoms with Crippen molar-refractivity contribution in [1.82, 2.24) is 15.1 Å². The molecule has 108 valence electrons. The minimum Gasteiger partial charge on any atom is -0.313 e. The molecular formula is C17H25N3. The second-order valence-corrected chi connectivity index (χ2v) is 5.29. The van der Waals surface area contributed by atoms with E-state index in [-0.39, 0.29) is 0 Å². The lowest BCUT2D eigenvalue weighted by molar-refractivity contribution is 0.577. The molecule has 1 aromatic carbocycles. The van der Waals surface area contributed by atoms with Gasteiger partial charge in [-0.15, -0.1) is 0 Å². The molecule has 3 nitrogen and oxygen atoms in total. The molecule has 0 aliphatic rings. The summed E-state index contributed by atoms with van der Waals surface area (Å²) in [5.74, 6) is 0. The lowest BCUT2D eigenvalue weighted by Crippen LogP contribution is -2.15. The maximum Gasteiger partial charge on any atom is 0.0702 e. The maximum absolute atomic E-state index is 4.59. The van der Waals surface area contributed by atoms with Crippen LogP contribution in [-0.4, -0.2) is 16.8 Å². The van der Waals surface area contributed by atoms with Gasteiger partial charge in [0, 0.05) is 24.8 Å². The second kappa shape index (κ2) is 6.71. The van der Waals surface area contributed by atoms with Gasteiger partial charge in [-0.05, 0) is 37.1 Å². The van der Waals surface area contributed by atoms with E-state index in [4.69, 9.17) is 0 Å². The van der Waals surface area contributed by atoms with E-state index in [2.05, 4.69) is 54.7 Å². The first-order valence-electron chi connectivity index (χ1n) is 7.49. The van der Waals surface area contributed by atoms with Crippen molar-refractivity contribution >= 4 is 0 Å². The molecular weight excluding hydrogens is 246 g/mol. The average Bonchev–Trinajstić information content (AvgIpc) is 2.82. The van der Waals surface area contributed by atoms with Crippen LogP contribution in [0.4, 0.5) is 0 Å². The quantitative estimate of drug-likeness (QED) is 0.868. The molecule has 3 heteroatoms. The average molecular weight is 271 g/mol. The molecule has 0 radical (unpaired) electrons. The Hall–Kier alpha value is -1.61. The molecule has 2 rings (SSSR count). The topological polar surface area (TPSA) is 29.9 Å². The van der Waals surface area contributed by atoms with E-state index in [9.17, 15) is 0 Å². The van der Waals surface area contributed by atoms with Gasteiger partial charge in [0.25, 0.3) is 0 Å². The van der Waals surface area contributed by atoms with Crippen molar-refractivity contribution in [3.63, 3.8) is 0 Å². The Morgan fingerprint density at radius 1 is 1.30 bits per heavy atom. The summed E-state index contributed by atoms with van der Waals surface area (Å²) in [5, 5.41) is 7.96. The van der Waals surface area contributed by atoms with E-state index < -0.39 is 0 Å². The third-order valence-electron chi connectivity index (χ3n) is 3.75. The third kappa shape index (κ3) is 3.10. The fraction of sp³-hybridized carbons (Fsp3) is 0.471. The smallest absolute Gasteiger partial charge is 0.0702 e. The summed E-state index contributed by atoms with van der Waals surface area (Å²) < 4.78 is 1.92. The Kier molecular flexibility index (Phi) is 4.96. The van der Waals surface area contributed by atoms with Gasteiger partial charge in [0.2, 0.25) is 0 Å². The molecule has 1 unspecified atom stereocenters. The summed E-state index contributed by atoms with van der Waals surface area (Å²) >= 11 is 0. The number of nitrogens with one attached hydrogen (secondary N) is 1. The highest BCUT2D eigenvalue weighted by atomic mass is 15.2. The Morgan fingerprint density at radius 2 is 2.10 bits per heavy atom. The summed E-state index contributed by atoms with van der Waals surface area (Å²) in [6.45, 7) is 4.41. The van der Waals surface area contributed by atoms with Crippen molar-refractivity contribution in [3.8, 4) is 11.1 Å². The van der Waals surface area contributed by atoms with Gasteiger partial charge in [-0.2, -0.15) is 5.10 Å². The predicted octanol–water partition coefficient (Wildman–Crippen LogP) is 3.71. The maximum atomic E-state index is 4.59. The van der Waals surface area contributed by atoms with Crippen molar-refractivity contribution < 1.29 is 0 Å². The number of aromatic nitrogens is 2. The first-order chi connectivity index (χ1) is 9.69. The van der Waals surface area contributed by atoms with Gasteiger partial charge in [0.05, 0.1) is 5.69 Å². The van der Waals surface area contributed by atoms with Gasteiger partial charge in [-0.3, -0.25) is 4.68 Å². The fourth-order valence-electron chi connectivity index (χ4n) is 2.73. The molecule has 0 bridgehead atoms. The van der Waals surface area contributed by atoms with Gasteiger partial charge in [0.15, 0.2) is 0 Å². The zero-order chi connectivity index (χ0) is 14.5. The monoisotopic (exact) mass is 271 g/mol. The Bertz CT molecular complexity index is 553. The first-order valence-corrected chi connectivity index (χ1v) is 7.49. The zero-order valence-electron chi connectivity index (χ0n) is 13.0. The van der Waals surface area contributed by atoms with Crippen molar-refractivity contribution in [2.45, 2.75) is 39.2 Å². The van der Waals surface area contributed by atoms with E-state index >= 15 is 0 Å². The number of aryl methyl sites for hydroxylation is 2. The molecule has 1 atom stereocenters. The van der Waals surface area contributed by atoms with Crippen LogP contribution in [0.1, 0.15) is 44.0 Å². The van der Waals surface area contributed by atoms with E-state index in [1.54, 1.807) is 0 Å². The third-order valence-corrected chi connectivity index (χ3v) is 3.75. The molecule has 1 heterocycles. The van der Waals surface area contributed by atoms with E-state index in [1.807, 2.05) is 18.8 Å². The Balaban J connectivity index is 2.40. The molecule has 1 N–H and O–H groups in total. The Morgan fingerprint density at radius 3 is 2.75 bits per heavy atom. The number of hydrogen-bond donors (Lipinski definition) is 1. The molecule has 0 spiro atoms. The Labute approximate surface area is 122 Å². The van der Waals surface area contributed by atoms with Crippen LogP contribution in [0.3, 0.4) is 0 Å². The summed E-state index contributed by atoms with van der Waals surface area (Å²) in [6, 6.07) is 9.24. The molecule has 0 saturated carbocycles. The van der Waals surface area contributed by atoms with Gasteiger partial charge < -0.3 is 5.32 Å². The van der Waals surface area contributed by atoms with Gasteiger partial charge in [0.1, 0.15) is 0 Å². The minimum atomic E-state index is 0.418. The summed E-state index contributed by atoms with van der Waals surface area (Å²) in [7, 11) is 4.02. The molecule has 0 fully saturated rings. The minimum absolute atomic E-state index is 0.418. The van der Waals surface area contributed by atoms with Gasteiger partial charge >= 0.3 is 0 Å². The van der Waals surface area contributed by atoms with Crippen LogP contribution in [0.2, 0.25) is 0 Å². The molecule has 0 aliphatic heterocycles. The summed E-state index contributed by atoms with van der Waals surface area (Å²) in [4.78, 5) is 0. The highest BCUT2D eigenvalue weighted by Gasteiger charge is 2.12. The number of nitrogens with zero attached hydrogens (tertiary/aromatic N) is 2. The van der Waals surface area contributed by atoms with Crippen molar-refractivity contribution in [3.05, 3.63) is 41.7 Å². The normalized spacial score (nSPS) is 12.6. The molecule has 0 amide bonds. The molecule has 0 saturated heterocycles. The van der Waals surface area contributed by atoms with Crippen LogP contribution >= 0.6 is 0 Å². The second-order valence-electron chi connectivity index (χ2n) is 5.29. The van der Waals surface area contributed by atoms with E-state index in [1.165, 1.54) is 22.4 Å². The van der Waals surface area contributed by atoms with E-state index in [0.29, 0.717) is 6.04 Å².